The highest BCUT2D eigenvalue weighted by molar-refractivity contribution is 7.09. The molecule has 1 atom stereocenters. The van der Waals surface area contributed by atoms with Crippen LogP contribution in [-0.4, -0.2) is 14.6 Å². The van der Waals surface area contributed by atoms with Crippen LogP contribution < -0.4 is 5.32 Å². The molecule has 0 saturated carbocycles. The van der Waals surface area contributed by atoms with Crippen LogP contribution in [0.3, 0.4) is 0 Å². The van der Waals surface area contributed by atoms with Gasteiger partial charge in [0.05, 0.1) is 17.9 Å². The van der Waals surface area contributed by atoms with E-state index in [1.807, 2.05) is 18.2 Å². The third-order valence-electron chi connectivity index (χ3n) is 1.85. The largest absolute Gasteiger partial charge is 0.366 e. The van der Waals surface area contributed by atoms with Crippen LogP contribution >= 0.6 is 11.5 Å². The molecule has 2 heterocycles. The van der Waals surface area contributed by atoms with Crippen LogP contribution in [0.2, 0.25) is 0 Å². The number of hydrogen-bond donors (Lipinski definition) is 1. The molecule has 0 bridgehead atoms. The molecule has 0 saturated heterocycles. The van der Waals surface area contributed by atoms with Crippen molar-refractivity contribution in [1.29, 1.82) is 0 Å². The molecule has 0 spiro atoms. The Balaban J connectivity index is 2.07. The first-order valence-corrected chi connectivity index (χ1v) is 5.08. The molecule has 0 fully saturated rings. The van der Waals surface area contributed by atoms with Crippen molar-refractivity contribution in [3.8, 4) is 0 Å². The first kappa shape index (κ1) is 9.08. The molecule has 0 aliphatic heterocycles. The summed E-state index contributed by atoms with van der Waals surface area (Å²) in [6.45, 7) is 2.06. The lowest BCUT2D eigenvalue weighted by molar-refractivity contribution is 0.842. The highest BCUT2D eigenvalue weighted by Crippen LogP contribution is 2.18. The van der Waals surface area contributed by atoms with Gasteiger partial charge in [-0.2, -0.15) is 0 Å². The number of nitrogens with zero attached hydrogens (tertiary/aromatic N) is 3. The molecular formula is C9H10N4S. The van der Waals surface area contributed by atoms with Crippen molar-refractivity contribution < 1.29 is 0 Å². The fraction of sp³-hybridized carbons (Fsp3) is 0.222. The molecule has 1 unspecified atom stereocenters. The molecule has 0 radical (unpaired) electrons. The zero-order chi connectivity index (χ0) is 9.80. The van der Waals surface area contributed by atoms with Gasteiger partial charge in [-0.15, -0.1) is 5.10 Å². The van der Waals surface area contributed by atoms with Gasteiger partial charge in [-0.25, -0.2) is 0 Å². The number of pyridine rings is 1. The maximum atomic E-state index is 4.26. The predicted molar refractivity (Wildman–Crippen MR) is 56.2 cm³/mol. The summed E-state index contributed by atoms with van der Waals surface area (Å²) in [4.78, 5) is 4.26. The van der Waals surface area contributed by atoms with E-state index >= 15 is 0 Å². The molecular weight excluding hydrogens is 196 g/mol. The van der Waals surface area contributed by atoms with E-state index in [-0.39, 0.29) is 6.04 Å². The van der Waals surface area contributed by atoms with Gasteiger partial charge < -0.3 is 5.32 Å². The lowest BCUT2D eigenvalue weighted by atomic mass is 10.2. The molecule has 5 heteroatoms. The summed E-state index contributed by atoms with van der Waals surface area (Å²) in [5.41, 5.74) is 1.01. The molecule has 14 heavy (non-hydrogen) atoms. The lowest BCUT2D eigenvalue weighted by Crippen LogP contribution is -2.06. The van der Waals surface area contributed by atoms with Crippen LogP contribution in [0.4, 0.5) is 5.00 Å². The third kappa shape index (κ3) is 2.05. The normalized spacial score (nSPS) is 12.4. The minimum atomic E-state index is 0.179. The highest BCUT2D eigenvalue weighted by atomic mass is 32.1. The Hall–Kier alpha value is -1.49. The number of anilines is 1. The van der Waals surface area contributed by atoms with Crippen molar-refractivity contribution in [2.24, 2.45) is 0 Å². The molecule has 4 nitrogen and oxygen atoms in total. The van der Waals surface area contributed by atoms with Gasteiger partial charge in [-0.1, -0.05) is 10.6 Å². The molecule has 2 rings (SSSR count). The van der Waals surface area contributed by atoms with Crippen LogP contribution in [0, 0.1) is 0 Å². The van der Waals surface area contributed by atoms with Gasteiger partial charge in [0, 0.05) is 17.7 Å². The van der Waals surface area contributed by atoms with Gasteiger partial charge in [-0.05, 0) is 19.1 Å². The summed E-state index contributed by atoms with van der Waals surface area (Å²) in [7, 11) is 0. The van der Waals surface area contributed by atoms with Crippen molar-refractivity contribution in [3.63, 3.8) is 0 Å². The first-order chi connectivity index (χ1) is 6.86. The van der Waals surface area contributed by atoms with Gasteiger partial charge in [0.2, 0.25) is 0 Å². The zero-order valence-electron chi connectivity index (χ0n) is 7.71. The van der Waals surface area contributed by atoms with Crippen molar-refractivity contribution in [2.75, 3.05) is 5.32 Å². The van der Waals surface area contributed by atoms with Crippen molar-refractivity contribution in [1.82, 2.24) is 14.6 Å². The highest BCUT2D eigenvalue weighted by Gasteiger charge is 2.06. The minimum Gasteiger partial charge on any atom is -0.366 e. The van der Waals surface area contributed by atoms with E-state index in [1.165, 1.54) is 11.5 Å². The van der Waals surface area contributed by atoms with E-state index in [1.54, 1.807) is 12.4 Å². The maximum Gasteiger partial charge on any atom is 0.130 e. The third-order valence-corrected chi connectivity index (χ3v) is 2.45. The summed E-state index contributed by atoms with van der Waals surface area (Å²) in [6.07, 6.45) is 3.50. The Bertz CT molecular complexity index is 373. The topological polar surface area (TPSA) is 50.7 Å². The molecule has 1 N–H and O–H groups in total. The molecule has 72 valence electrons. The van der Waals surface area contributed by atoms with E-state index in [9.17, 15) is 0 Å². The second-order valence-corrected chi connectivity index (χ2v) is 3.69. The summed E-state index contributed by atoms with van der Waals surface area (Å²) in [5.74, 6) is 0. The Morgan fingerprint density at radius 1 is 1.43 bits per heavy atom. The molecule has 0 amide bonds. The van der Waals surface area contributed by atoms with Crippen LogP contribution in [0.25, 0.3) is 0 Å². The molecule has 2 aromatic heterocycles. The number of aromatic nitrogens is 3. The summed E-state index contributed by atoms with van der Waals surface area (Å²) < 4.78 is 3.78. The average molecular weight is 206 g/mol. The van der Waals surface area contributed by atoms with Crippen LogP contribution in [0.15, 0.2) is 30.6 Å². The Morgan fingerprint density at radius 2 is 2.36 bits per heavy atom. The van der Waals surface area contributed by atoms with Gasteiger partial charge >= 0.3 is 0 Å². The number of nitrogens with one attached hydrogen (secondary N) is 1. The van der Waals surface area contributed by atoms with Gasteiger partial charge in [0.15, 0.2) is 0 Å². The van der Waals surface area contributed by atoms with Crippen molar-refractivity contribution in [3.05, 3.63) is 36.3 Å². The molecule has 0 aromatic carbocycles. The summed E-state index contributed by atoms with van der Waals surface area (Å²) >= 11 is 1.35. The number of hydrogen-bond acceptors (Lipinski definition) is 5. The van der Waals surface area contributed by atoms with Gasteiger partial charge in [0.1, 0.15) is 5.00 Å². The van der Waals surface area contributed by atoms with E-state index in [2.05, 4.69) is 26.8 Å². The zero-order valence-corrected chi connectivity index (χ0v) is 8.53. The number of rotatable bonds is 3. The SMILES string of the molecule is CC(Nc1cnns1)c1ccccn1. The van der Waals surface area contributed by atoms with Crippen LogP contribution in [0.5, 0.6) is 0 Å². The average Bonchev–Trinajstić information content (AvgIpc) is 2.72. The molecule has 0 aliphatic carbocycles. The first-order valence-electron chi connectivity index (χ1n) is 4.31. The summed E-state index contributed by atoms with van der Waals surface area (Å²) in [6, 6.07) is 6.06. The van der Waals surface area contributed by atoms with E-state index in [0.29, 0.717) is 0 Å². The Morgan fingerprint density at radius 3 is 3.00 bits per heavy atom. The van der Waals surface area contributed by atoms with Gasteiger partial charge in [0.25, 0.3) is 0 Å². The van der Waals surface area contributed by atoms with E-state index in [0.717, 1.165) is 10.7 Å². The Labute approximate surface area is 86.2 Å². The van der Waals surface area contributed by atoms with E-state index in [4.69, 9.17) is 0 Å². The smallest absolute Gasteiger partial charge is 0.130 e. The lowest BCUT2D eigenvalue weighted by Gasteiger charge is -2.11. The van der Waals surface area contributed by atoms with Gasteiger partial charge in [-0.3, -0.25) is 4.98 Å². The van der Waals surface area contributed by atoms with E-state index < -0.39 is 0 Å². The monoisotopic (exact) mass is 206 g/mol. The predicted octanol–water partition coefficient (Wildman–Crippen LogP) is 2.11. The fourth-order valence-electron chi connectivity index (χ4n) is 1.15. The minimum absolute atomic E-state index is 0.179. The second kappa shape index (κ2) is 4.15. The van der Waals surface area contributed by atoms with Crippen LogP contribution in [-0.2, 0) is 0 Å². The van der Waals surface area contributed by atoms with Crippen molar-refractivity contribution in [2.45, 2.75) is 13.0 Å². The molecule has 2 aromatic rings. The second-order valence-electron chi connectivity index (χ2n) is 2.90. The summed E-state index contributed by atoms with van der Waals surface area (Å²) in [5, 5.41) is 7.98. The van der Waals surface area contributed by atoms with Crippen LogP contribution in [0.1, 0.15) is 18.7 Å². The van der Waals surface area contributed by atoms with Crippen molar-refractivity contribution >= 4 is 16.5 Å². The maximum absolute atomic E-state index is 4.26. The molecule has 0 aliphatic rings. The quantitative estimate of drug-likeness (QED) is 0.835. The Kier molecular flexibility index (Phi) is 2.69. The fourth-order valence-corrected chi connectivity index (χ4v) is 1.66. The standard InChI is InChI=1S/C9H10N4S/c1-7(8-4-2-3-5-10-8)12-9-6-11-13-14-9/h2-7,12H,1H3.